The zero-order chi connectivity index (χ0) is 29.5. The van der Waals surface area contributed by atoms with Crippen LogP contribution in [-0.2, 0) is 20.2 Å². The second-order valence-electron chi connectivity index (χ2n) is 9.96. The maximum Gasteiger partial charge on any atom is 0.327 e. The van der Waals surface area contributed by atoms with Crippen LogP contribution in [0.5, 0.6) is 0 Å². The molecule has 0 amide bonds. The van der Waals surface area contributed by atoms with Crippen molar-refractivity contribution in [1.82, 2.24) is 9.46 Å². The standard InChI is InChI=1S/C26H36N2O10S2/c1-3-5-7-9-11-13-15-39(33,34)37-27-23(29)19-17-21-22(18-20(19)24(27)30)26(32)28(25(21)31)38-40(35,36)16-14-12-10-8-6-4-2/h17-18H,3-16H2,1-2H3. The minimum absolute atomic E-state index is 0.0977. The topological polar surface area (TPSA) is 165 Å². The summed E-state index contributed by atoms with van der Waals surface area (Å²) < 4.78 is 59.3. The van der Waals surface area contributed by atoms with Crippen molar-refractivity contribution in [3.05, 3.63) is 53.5 Å². The SMILES string of the molecule is CCCCCCCCS(=O)(=O)On1c(=O)c2cc3c(=O)n(OS(=O)(=O)CCCCCCCC)c(=O)c3cc2c1=O. The highest BCUT2D eigenvalue weighted by atomic mass is 32.2. The lowest BCUT2D eigenvalue weighted by Crippen LogP contribution is -2.37. The second kappa shape index (κ2) is 13.6. The third-order valence-corrected chi connectivity index (χ3v) is 9.02. The van der Waals surface area contributed by atoms with Gasteiger partial charge in [-0.05, 0) is 25.0 Å². The molecule has 0 N–H and O–H groups in total. The minimum Gasteiger partial charge on any atom is -0.280 e. The number of unbranched alkanes of at least 4 members (excludes halogenated alkanes) is 10. The van der Waals surface area contributed by atoms with Crippen LogP contribution in [-0.4, -0.2) is 37.8 Å². The number of aromatic nitrogens is 2. The molecule has 222 valence electrons. The molecule has 0 saturated carbocycles. The molecular weight excluding hydrogens is 564 g/mol. The van der Waals surface area contributed by atoms with E-state index in [4.69, 9.17) is 8.57 Å². The van der Waals surface area contributed by atoms with Gasteiger partial charge in [0.15, 0.2) is 0 Å². The summed E-state index contributed by atoms with van der Waals surface area (Å²) in [6, 6.07) is 1.89. The molecule has 3 rings (SSSR count). The zero-order valence-corrected chi connectivity index (χ0v) is 24.5. The molecule has 1 aromatic carbocycles. The van der Waals surface area contributed by atoms with Crippen molar-refractivity contribution in [2.75, 3.05) is 11.5 Å². The highest BCUT2D eigenvalue weighted by molar-refractivity contribution is 7.87. The highest BCUT2D eigenvalue weighted by Gasteiger charge is 2.25. The van der Waals surface area contributed by atoms with Crippen molar-refractivity contribution < 1.29 is 25.4 Å². The van der Waals surface area contributed by atoms with Gasteiger partial charge in [-0.25, -0.2) is 0 Å². The Labute approximate surface area is 232 Å². The maximum atomic E-state index is 12.8. The molecule has 0 saturated heterocycles. The van der Waals surface area contributed by atoms with Gasteiger partial charge in [0.2, 0.25) is 0 Å². The molecular formula is C26H36N2O10S2. The van der Waals surface area contributed by atoms with Gasteiger partial charge in [-0.15, -0.1) is 0 Å². The summed E-state index contributed by atoms with van der Waals surface area (Å²) in [6.45, 7) is 4.13. The summed E-state index contributed by atoms with van der Waals surface area (Å²) in [5, 5.41) is -1.40. The van der Waals surface area contributed by atoms with E-state index in [-0.39, 0.29) is 42.5 Å². The Hall–Kier alpha value is -3.00. The highest BCUT2D eigenvalue weighted by Crippen LogP contribution is 2.15. The monoisotopic (exact) mass is 600 g/mol. The van der Waals surface area contributed by atoms with Gasteiger partial charge < -0.3 is 0 Å². The van der Waals surface area contributed by atoms with Gasteiger partial charge in [0, 0.05) is 0 Å². The van der Waals surface area contributed by atoms with E-state index in [0.717, 1.165) is 63.5 Å². The molecule has 0 fully saturated rings. The predicted octanol–water partition coefficient (Wildman–Crippen LogP) is 2.15. The van der Waals surface area contributed by atoms with E-state index in [1.165, 1.54) is 0 Å². The number of nitrogens with zero attached hydrogens (tertiary/aromatic N) is 2. The first-order valence-electron chi connectivity index (χ1n) is 13.7. The first-order valence-corrected chi connectivity index (χ1v) is 16.9. The van der Waals surface area contributed by atoms with Crippen molar-refractivity contribution in [3.8, 4) is 0 Å². The summed E-state index contributed by atoms with van der Waals surface area (Å²) >= 11 is 0. The quantitative estimate of drug-likeness (QED) is 0.198. The fourth-order valence-corrected chi connectivity index (χ4v) is 6.47. The Kier molecular flexibility index (Phi) is 10.7. The van der Waals surface area contributed by atoms with Gasteiger partial charge in [-0.2, -0.15) is 16.8 Å². The lowest BCUT2D eigenvalue weighted by atomic mass is 10.1. The van der Waals surface area contributed by atoms with Crippen LogP contribution in [0.15, 0.2) is 31.3 Å². The van der Waals surface area contributed by atoms with Crippen LogP contribution in [0.25, 0.3) is 21.5 Å². The van der Waals surface area contributed by atoms with Gasteiger partial charge in [-0.3, -0.25) is 27.7 Å². The summed E-state index contributed by atoms with van der Waals surface area (Å²) in [7, 11) is -8.53. The molecule has 2 heterocycles. The van der Waals surface area contributed by atoms with E-state index in [9.17, 15) is 36.0 Å². The largest absolute Gasteiger partial charge is 0.327 e. The number of rotatable bonds is 18. The Morgan fingerprint density at radius 2 is 0.775 bits per heavy atom. The minimum atomic E-state index is -4.26. The molecule has 40 heavy (non-hydrogen) atoms. The van der Waals surface area contributed by atoms with E-state index in [0.29, 0.717) is 25.7 Å². The zero-order valence-electron chi connectivity index (χ0n) is 22.8. The summed E-state index contributed by atoms with van der Waals surface area (Å²) in [4.78, 5) is 51.3. The van der Waals surface area contributed by atoms with Crippen LogP contribution >= 0.6 is 0 Å². The lowest BCUT2D eigenvalue weighted by Gasteiger charge is -2.05. The number of fused-ring (bicyclic) bond motifs is 2. The van der Waals surface area contributed by atoms with E-state index >= 15 is 0 Å². The first kappa shape index (κ1) is 31.5. The fraction of sp³-hybridized carbons (Fsp3) is 0.615. The smallest absolute Gasteiger partial charge is 0.280 e. The van der Waals surface area contributed by atoms with Crippen LogP contribution in [0, 0.1) is 0 Å². The Balaban J connectivity index is 1.82. The number of hydrogen-bond acceptors (Lipinski definition) is 10. The van der Waals surface area contributed by atoms with Crippen LogP contribution < -0.4 is 30.8 Å². The summed E-state index contributed by atoms with van der Waals surface area (Å²) in [6.07, 6.45) is 9.74. The second-order valence-corrected chi connectivity index (χ2v) is 13.3. The molecule has 0 aliphatic carbocycles. The molecule has 0 bridgehead atoms. The molecule has 2 aromatic heterocycles. The maximum absolute atomic E-state index is 12.8. The van der Waals surface area contributed by atoms with E-state index in [1.54, 1.807) is 0 Å². The van der Waals surface area contributed by atoms with Crippen molar-refractivity contribution in [2.45, 2.75) is 90.9 Å². The fourth-order valence-electron chi connectivity index (χ4n) is 4.48. The van der Waals surface area contributed by atoms with Gasteiger partial charge in [0.1, 0.15) is 0 Å². The average Bonchev–Trinajstić information content (AvgIpc) is 3.26. The number of benzene rings is 1. The Bertz CT molecular complexity index is 1540. The van der Waals surface area contributed by atoms with Gasteiger partial charge in [0.05, 0.1) is 33.1 Å². The predicted molar refractivity (Wildman–Crippen MR) is 152 cm³/mol. The molecule has 0 spiro atoms. The molecule has 0 aliphatic rings. The van der Waals surface area contributed by atoms with Crippen molar-refractivity contribution in [2.24, 2.45) is 0 Å². The normalized spacial score (nSPS) is 12.4. The van der Waals surface area contributed by atoms with Crippen LogP contribution in [0.4, 0.5) is 0 Å². The van der Waals surface area contributed by atoms with Crippen LogP contribution in [0.1, 0.15) is 90.9 Å². The first-order chi connectivity index (χ1) is 18.9. The third-order valence-electron chi connectivity index (χ3n) is 6.69. The van der Waals surface area contributed by atoms with Crippen molar-refractivity contribution in [3.63, 3.8) is 0 Å². The summed E-state index contributed by atoms with van der Waals surface area (Å²) in [5.74, 6) is -0.779. The van der Waals surface area contributed by atoms with Crippen LogP contribution in [0.3, 0.4) is 0 Å². The van der Waals surface area contributed by atoms with Gasteiger partial charge >= 0.3 is 20.2 Å². The Morgan fingerprint density at radius 3 is 1.07 bits per heavy atom. The molecule has 0 unspecified atom stereocenters. The van der Waals surface area contributed by atoms with Crippen molar-refractivity contribution >= 4 is 41.8 Å². The molecule has 0 radical (unpaired) electrons. The molecule has 0 atom stereocenters. The third kappa shape index (κ3) is 7.59. The van der Waals surface area contributed by atoms with E-state index in [2.05, 4.69) is 13.8 Å². The lowest BCUT2D eigenvalue weighted by molar-refractivity contribution is 0.262. The Morgan fingerprint density at radius 1 is 0.500 bits per heavy atom. The van der Waals surface area contributed by atoms with E-state index in [1.807, 2.05) is 0 Å². The summed E-state index contributed by atoms with van der Waals surface area (Å²) in [5.41, 5.74) is -4.48. The average molecular weight is 601 g/mol. The van der Waals surface area contributed by atoms with Crippen LogP contribution in [0.2, 0.25) is 0 Å². The van der Waals surface area contributed by atoms with Gasteiger partial charge in [0.25, 0.3) is 22.2 Å². The van der Waals surface area contributed by atoms with E-state index < -0.39 is 42.5 Å². The molecule has 12 nitrogen and oxygen atoms in total. The number of hydrogen-bond donors (Lipinski definition) is 0. The molecule has 3 aromatic rings. The molecule has 0 aliphatic heterocycles. The molecule has 14 heteroatoms. The van der Waals surface area contributed by atoms with Crippen molar-refractivity contribution in [1.29, 1.82) is 0 Å². The van der Waals surface area contributed by atoms with Gasteiger partial charge in [-0.1, -0.05) is 87.5 Å².